The molecule has 0 aromatic carbocycles. The molecule has 1 amide bonds. The van der Waals surface area contributed by atoms with Gasteiger partial charge in [0.15, 0.2) is 0 Å². The average Bonchev–Trinajstić information content (AvgIpc) is 2.09. The average molecular weight is 251 g/mol. The zero-order valence-corrected chi connectivity index (χ0v) is 11.1. The summed E-state index contributed by atoms with van der Waals surface area (Å²) in [6, 6.07) is 0. The maximum Gasteiger partial charge on any atom is 0.293 e. The molecular formula is C14H21NO3. The van der Waals surface area contributed by atoms with Crippen LogP contribution in [0.15, 0.2) is 0 Å². The van der Waals surface area contributed by atoms with Gasteiger partial charge in [-0.25, -0.2) is 0 Å². The second-order valence-corrected chi connectivity index (χ2v) is 7.18. The number of nitrogens with one attached hydrogen (secondary N) is 1. The highest BCUT2D eigenvalue weighted by atomic mass is 16.5. The van der Waals surface area contributed by atoms with Crippen molar-refractivity contribution in [1.29, 1.82) is 0 Å². The summed E-state index contributed by atoms with van der Waals surface area (Å²) in [5.41, 5.74) is -0.244. The van der Waals surface area contributed by atoms with Gasteiger partial charge < -0.3 is 10.1 Å². The minimum absolute atomic E-state index is 0.0294. The van der Waals surface area contributed by atoms with Crippen LogP contribution in [-0.2, 0) is 14.3 Å². The first kappa shape index (κ1) is 12.0. The topological polar surface area (TPSA) is 55.4 Å². The molecule has 4 fully saturated rings. The Labute approximate surface area is 107 Å². The number of carbonyl (C=O) groups excluding carboxylic acids is 2. The Balaban J connectivity index is 1.95. The van der Waals surface area contributed by atoms with Gasteiger partial charge in [-0.2, -0.15) is 0 Å². The molecule has 100 valence electrons. The van der Waals surface area contributed by atoms with Gasteiger partial charge in [0.1, 0.15) is 5.60 Å². The van der Waals surface area contributed by atoms with Crippen molar-refractivity contribution in [3.05, 3.63) is 0 Å². The fourth-order valence-corrected chi connectivity index (χ4v) is 5.57. The van der Waals surface area contributed by atoms with E-state index in [2.05, 4.69) is 12.2 Å². The molecular weight excluding hydrogens is 230 g/mol. The summed E-state index contributed by atoms with van der Waals surface area (Å²) < 4.78 is 5.48. The van der Waals surface area contributed by atoms with Crippen LogP contribution < -0.4 is 5.32 Å². The zero-order valence-electron chi connectivity index (χ0n) is 11.1. The Kier molecular flexibility index (Phi) is 2.32. The van der Waals surface area contributed by atoms with E-state index < -0.39 is 0 Å². The minimum atomic E-state index is -0.321. The second-order valence-electron chi connectivity index (χ2n) is 7.18. The van der Waals surface area contributed by atoms with Crippen LogP contribution >= 0.6 is 0 Å². The van der Waals surface area contributed by atoms with E-state index in [0.29, 0.717) is 12.4 Å². The molecule has 1 N–H and O–H groups in total. The van der Waals surface area contributed by atoms with Gasteiger partial charge in [0.2, 0.25) is 5.91 Å². The number of amides is 1. The van der Waals surface area contributed by atoms with E-state index in [9.17, 15) is 9.59 Å². The van der Waals surface area contributed by atoms with Crippen molar-refractivity contribution in [3.63, 3.8) is 0 Å². The van der Waals surface area contributed by atoms with Crippen LogP contribution in [0.3, 0.4) is 0 Å². The van der Waals surface area contributed by atoms with E-state index in [1.807, 2.05) is 0 Å². The van der Waals surface area contributed by atoms with Crippen molar-refractivity contribution < 1.29 is 14.3 Å². The molecule has 4 aliphatic rings. The number of hydrogen-bond acceptors (Lipinski definition) is 3. The van der Waals surface area contributed by atoms with Gasteiger partial charge in [-0.05, 0) is 43.4 Å². The summed E-state index contributed by atoms with van der Waals surface area (Å²) in [5.74, 6) is 0.611. The fourth-order valence-electron chi connectivity index (χ4n) is 5.57. The maximum atomic E-state index is 11.5. The molecule has 4 unspecified atom stereocenters. The van der Waals surface area contributed by atoms with Crippen LogP contribution in [0.25, 0.3) is 0 Å². The molecule has 0 aromatic heterocycles. The van der Waals surface area contributed by atoms with Crippen LogP contribution in [0.2, 0.25) is 0 Å². The molecule has 4 saturated carbocycles. The van der Waals surface area contributed by atoms with E-state index in [1.165, 1.54) is 6.42 Å². The third-order valence-corrected chi connectivity index (χ3v) is 5.04. The zero-order chi connectivity index (χ0) is 13.0. The van der Waals surface area contributed by atoms with Gasteiger partial charge in [0, 0.05) is 18.9 Å². The van der Waals surface area contributed by atoms with E-state index in [1.54, 1.807) is 6.92 Å². The highest BCUT2D eigenvalue weighted by Crippen LogP contribution is 2.63. The van der Waals surface area contributed by atoms with Crippen LogP contribution in [0.1, 0.15) is 52.4 Å². The lowest BCUT2D eigenvalue weighted by Crippen LogP contribution is -2.68. The summed E-state index contributed by atoms with van der Waals surface area (Å²) in [6.07, 6.45) is 6.01. The highest BCUT2D eigenvalue weighted by Gasteiger charge is 2.63. The summed E-state index contributed by atoms with van der Waals surface area (Å²) in [5, 5.41) is 3.16. The van der Waals surface area contributed by atoms with Crippen LogP contribution in [-0.4, -0.2) is 23.5 Å². The summed E-state index contributed by atoms with van der Waals surface area (Å²) in [4.78, 5) is 22.3. The van der Waals surface area contributed by atoms with Gasteiger partial charge in [-0.1, -0.05) is 6.92 Å². The first-order valence-corrected chi connectivity index (χ1v) is 6.79. The third kappa shape index (κ3) is 1.73. The van der Waals surface area contributed by atoms with E-state index in [-0.39, 0.29) is 22.5 Å². The second kappa shape index (κ2) is 3.49. The molecule has 0 aliphatic heterocycles. The molecule has 0 heterocycles. The smallest absolute Gasteiger partial charge is 0.293 e. The Morgan fingerprint density at radius 2 is 2.06 bits per heavy atom. The highest BCUT2D eigenvalue weighted by molar-refractivity contribution is 5.74. The van der Waals surface area contributed by atoms with E-state index in [4.69, 9.17) is 4.74 Å². The van der Waals surface area contributed by atoms with Crippen molar-refractivity contribution >= 4 is 12.4 Å². The van der Waals surface area contributed by atoms with E-state index in [0.717, 1.165) is 32.1 Å². The summed E-state index contributed by atoms with van der Waals surface area (Å²) >= 11 is 0. The number of hydrogen-bond donors (Lipinski definition) is 1. The van der Waals surface area contributed by atoms with E-state index >= 15 is 0 Å². The van der Waals surface area contributed by atoms with Crippen LogP contribution in [0.4, 0.5) is 0 Å². The normalized spacial score (nSPS) is 48.9. The Morgan fingerprint density at radius 1 is 1.28 bits per heavy atom. The number of rotatable bonds is 3. The Morgan fingerprint density at radius 3 is 2.67 bits per heavy atom. The molecule has 4 atom stereocenters. The predicted molar refractivity (Wildman–Crippen MR) is 65.7 cm³/mol. The standard InChI is InChI=1S/C14H21NO3/c1-10(17)15-13-4-11-3-12(2,6-13)7-14(5-11,8-13)18-9-16/h9,11H,3-8H2,1-2H3,(H,15,17). The molecule has 0 aromatic rings. The molecule has 18 heavy (non-hydrogen) atoms. The number of ether oxygens (including phenoxy) is 1. The van der Waals surface area contributed by atoms with Gasteiger partial charge in [0.25, 0.3) is 6.47 Å². The quantitative estimate of drug-likeness (QED) is 0.778. The fraction of sp³-hybridized carbons (Fsp3) is 0.857. The minimum Gasteiger partial charge on any atom is -0.461 e. The molecule has 0 radical (unpaired) electrons. The van der Waals surface area contributed by atoms with Crippen molar-refractivity contribution in [2.75, 3.05) is 0 Å². The lowest BCUT2D eigenvalue weighted by molar-refractivity contribution is -0.196. The van der Waals surface area contributed by atoms with Gasteiger partial charge in [-0.3, -0.25) is 9.59 Å². The largest absolute Gasteiger partial charge is 0.461 e. The maximum absolute atomic E-state index is 11.5. The SMILES string of the molecule is CC(=O)NC12CC3CC(C)(C1)CC(OC=O)(C3)C2. The van der Waals surface area contributed by atoms with Gasteiger partial charge in [0.05, 0.1) is 0 Å². The van der Waals surface area contributed by atoms with Crippen LogP contribution in [0, 0.1) is 11.3 Å². The van der Waals surface area contributed by atoms with Crippen LogP contribution in [0.5, 0.6) is 0 Å². The monoisotopic (exact) mass is 251 g/mol. The number of carbonyl (C=O) groups is 2. The molecule has 4 nitrogen and oxygen atoms in total. The van der Waals surface area contributed by atoms with Crippen molar-refractivity contribution in [3.8, 4) is 0 Å². The Bertz CT molecular complexity index is 410. The first-order chi connectivity index (χ1) is 8.38. The summed E-state index contributed by atoms with van der Waals surface area (Å²) in [7, 11) is 0. The molecule has 0 saturated heterocycles. The van der Waals surface area contributed by atoms with Gasteiger partial charge in [-0.15, -0.1) is 0 Å². The van der Waals surface area contributed by atoms with Crippen molar-refractivity contribution in [2.45, 2.75) is 63.5 Å². The lowest BCUT2D eigenvalue weighted by Gasteiger charge is -2.64. The first-order valence-electron chi connectivity index (χ1n) is 6.79. The van der Waals surface area contributed by atoms with Crippen molar-refractivity contribution in [2.24, 2.45) is 11.3 Å². The molecule has 4 heteroatoms. The summed E-state index contributed by atoms with van der Waals surface area (Å²) in [6.45, 7) is 4.45. The molecule has 0 spiro atoms. The lowest BCUT2D eigenvalue weighted by atomic mass is 9.45. The van der Waals surface area contributed by atoms with Crippen molar-refractivity contribution in [1.82, 2.24) is 5.32 Å². The Hall–Kier alpha value is -1.06. The molecule has 4 aliphatic carbocycles. The van der Waals surface area contributed by atoms with Gasteiger partial charge >= 0.3 is 0 Å². The molecule has 4 rings (SSSR count). The molecule has 4 bridgehead atoms. The third-order valence-electron chi connectivity index (χ3n) is 5.04. The predicted octanol–water partition coefficient (Wildman–Crippen LogP) is 1.78.